The van der Waals surface area contributed by atoms with Crippen LogP contribution in [0.5, 0.6) is 0 Å². The number of nitrogens with one attached hydrogen (secondary N) is 2. The fourth-order valence-electron chi connectivity index (χ4n) is 3.60. The summed E-state index contributed by atoms with van der Waals surface area (Å²) in [6.07, 6.45) is 3.77. The van der Waals surface area contributed by atoms with Crippen molar-refractivity contribution in [2.24, 2.45) is 0 Å². The maximum Gasteiger partial charge on any atom is 0.253 e. The molecule has 1 aliphatic carbocycles. The summed E-state index contributed by atoms with van der Waals surface area (Å²) >= 11 is 6.48. The SMILES string of the molecule is Nc1ccc2c(c1)nc(NCCO)c1ncc(-c3ccc(C(=O)NC4CC4)c(Cl)c3)n12. The van der Waals surface area contributed by atoms with Crippen LogP contribution in [0.1, 0.15) is 23.2 Å². The molecule has 0 saturated heterocycles. The molecule has 2 aromatic carbocycles. The van der Waals surface area contributed by atoms with Crippen molar-refractivity contribution in [2.75, 3.05) is 24.2 Å². The van der Waals surface area contributed by atoms with Crippen LogP contribution in [0.4, 0.5) is 11.5 Å². The summed E-state index contributed by atoms with van der Waals surface area (Å²) in [6, 6.07) is 11.1. The Bertz CT molecular complexity index is 1310. The average molecular weight is 437 g/mol. The number of imidazole rings is 1. The van der Waals surface area contributed by atoms with Gasteiger partial charge in [0.05, 0.1) is 40.1 Å². The number of fused-ring (bicyclic) bond motifs is 3. The molecule has 1 saturated carbocycles. The van der Waals surface area contributed by atoms with Crippen LogP contribution < -0.4 is 16.4 Å². The van der Waals surface area contributed by atoms with Crippen molar-refractivity contribution < 1.29 is 9.90 Å². The second-order valence-electron chi connectivity index (χ2n) is 7.60. The van der Waals surface area contributed by atoms with E-state index in [0.717, 1.165) is 29.6 Å². The van der Waals surface area contributed by atoms with Crippen molar-refractivity contribution in [3.8, 4) is 11.3 Å². The Morgan fingerprint density at radius 3 is 2.84 bits per heavy atom. The number of carbonyl (C=O) groups excluding carboxylic acids is 1. The number of amides is 1. The highest BCUT2D eigenvalue weighted by Gasteiger charge is 2.25. The van der Waals surface area contributed by atoms with Crippen molar-refractivity contribution in [1.29, 1.82) is 0 Å². The molecule has 1 aliphatic rings. The number of halogens is 1. The van der Waals surface area contributed by atoms with Crippen LogP contribution in [0.25, 0.3) is 27.9 Å². The van der Waals surface area contributed by atoms with Gasteiger partial charge in [0.2, 0.25) is 0 Å². The summed E-state index contributed by atoms with van der Waals surface area (Å²) in [5.41, 5.74) is 10.8. The number of carbonyl (C=O) groups is 1. The van der Waals surface area contributed by atoms with Gasteiger partial charge in [0.25, 0.3) is 5.91 Å². The Hall–Kier alpha value is -3.36. The molecule has 0 atom stereocenters. The van der Waals surface area contributed by atoms with E-state index in [2.05, 4.69) is 20.6 Å². The second-order valence-corrected chi connectivity index (χ2v) is 8.01. The maximum absolute atomic E-state index is 12.4. The molecule has 0 bridgehead atoms. The van der Waals surface area contributed by atoms with Gasteiger partial charge in [-0.25, -0.2) is 9.97 Å². The van der Waals surface area contributed by atoms with Gasteiger partial charge < -0.3 is 21.5 Å². The van der Waals surface area contributed by atoms with E-state index in [-0.39, 0.29) is 18.6 Å². The largest absolute Gasteiger partial charge is 0.399 e. The van der Waals surface area contributed by atoms with Crippen molar-refractivity contribution >= 4 is 45.7 Å². The Morgan fingerprint density at radius 2 is 2.10 bits per heavy atom. The first-order valence-electron chi connectivity index (χ1n) is 10.1. The van der Waals surface area contributed by atoms with Crippen LogP contribution in [0.3, 0.4) is 0 Å². The molecule has 2 aromatic heterocycles. The van der Waals surface area contributed by atoms with E-state index in [1.54, 1.807) is 24.4 Å². The van der Waals surface area contributed by atoms with Crippen LogP contribution in [0, 0.1) is 0 Å². The number of aromatic nitrogens is 3. The fraction of sp³-hybridized carbons (Fsp3) is 0.227. The van der Waals surface area contributed by atoms with Crippen LogP contribution in [0.2, 0.25) is 5.02 Å². The molecule has 1 fully saturated rings. The van der Waals surface area contributed by atoms with E-state index in [4.69, 9.17) is 17.3 Å². The fourth-order valence-corrected chi connectivity index (χ4v) is 3.86. The number of aliphatic hydroxyl groups is 1. The zero-order chi connectivity index (χ0) is 21.5. The van der Waals surface area contributed by atoms with Crippen molar-refractivity contribution in [3.63, 3.8) is 0 Å². The third-order valence-corrected chi connectivity index (χ3v) is 5.59. The van der Waals surface area contributed by atoms with Gasteiger partial charge in [0.15, 0.2) is 11.5 Å². The molecule has 5 N–H and O–H groups in total. The molecule has 4 aromatic rings. The number of nitrogens with zero attached hydrogens (tertiary/aromatic N) is 3. The Morgan fingerprint density at radius 1 is 1.26 bits per heavy atom. The summed E-state index contributed by atoms with van der Waals surface area (Å²) in [4.78, 5) is 21.6. The van der Waals surface area contributed by atoms with E-state index in [1.165, 1.54) is 0 Å². The quantitative estimate of drug-likeness (QED) is 0.345. The topological polar surface area (TPSA) is 118 Å². The van der Waals surface area contributed by atoms with Crippen molar-refractivity contribution in [3.05, 3.63) is 53.2 Å². The predicted octanol–water partition coefficient (Wildman–Crippen LogP) is 3.08. The van der Waals surface area contributed by atoms with Gasteiger partial charge in [-0.05, 0) is 43.2 Å². The standard InChI is InChI=1S/C22H21ClN6O2/c23-16-9-12(1-5-15(16)22(31)27-14-3-4-14)19-11-26-21-20(25-7-8-30)28-17-10-13(24)2-6-18(17)29(19)21/h1-2,5-6,9-11,14,30H,3-4,7-8,24H2,(H,25,28)(H,27,31). The summed E-state index contributed by atoms with van der Waals surface area (Å²) in [6.45, 7) is 0.311. The molecule has 2 heterocycles. The lowest BCUT2D eigenvalue weighted by molar-refractivity contribution is 0.0951. The zero-order valence-electron chi connectivity index (χ0n) is 16.6. The first-order valence-corrected chi connectivity index (χ1v) is 10.4. The molecular formula is C22H21ClN6O2. The van der Waals surface area contributed by atoms with Crippen molar-refractivity contribution in [2.45, 2.75) is 18.9 Å². The monoisotopic (exact) mass is 436 g/mol. The van der Waals surface area contributed by atoms with Gasteiger partial charge in [-0.2, -0.15) is 0 Å². The number of benzene rings is 2. The summed E-state index contributed by atoms with van der Waals surface area (Å²) in [7, 11) is 0. The molecule has 9 heteroatoms. The minimum atomic E-state index is -0.155. The Kier molecular flexibility index (Phi) is 4.88. The van der Waals surface area contributed by atoms with E-state index in [1.807, 2.05) is 22.6 Å². The highest BCUT2D eigenvalue weighted by Crippen LogP contribution is 2.31. The molecular weight excluding hydrogens is 416 g/mol. The molecule has 8 nitrogen and oxygen atoms in total. The van der Waals surface area contributed by atoms with Gasteiger partial charge in [-0.3, -0.25) is 9.20 Å². The molecule has 31 heavy (non-hydrogen) atoms. The van der Waals surface area contributed by atoms with E-state index in [0.29, 0.717) is 39.8 Å². The Labute approximate surface area is 183 Å². The molecule has 0 unspecified atom stereocenters. The molecule has 0 radical (unpaired) electrons. The predicted molar refractivity (Wildman–Crippen MR) is 121 cm³/mol. The van der Waals surface area contributed by atoms with Gasteiger partial charge in [0, 0.05) is 23.8 Å². The van der Waals surface area contributed by atoms with E-state index < -0.39 is 0 Å². The maximum atomic E-state index is 12.4. The van der Waals surface area contributed by atoms with E-state index >= 15 is 0 Å². The average Bonchev–Trinajstić information content (AvgIpc) is 3.45. The van der Waals surface area contributed by atoms with E-state index in [9.17, 15) is 9.90 Å². The van der Waals surface area contributed by atoms with Gasteiger partial charge in [0.1, 0.15) is 0 Å². The molecule has 158 valence electrons. The lowest BCUT2D eigenvalue weighted by Gasteiger charge is -2.12. The number of aliphatic hydroxyl groups excluding tert-OH is 1. The second kappa shape index (κ2) is 7.72. The highest BCUT2D eigenvalue weighted by atomic mass is 35.5. The number of nitrogens with two attached hydrogens (primary N) is 1. The summed E-state index contributed by atoms with van der Waals surface area (Å²) < 4.78 is 1.97. The lowest BCUT2D eigenvalue weighted by Crippen LogP contribution is -2.25. The van der Waals surface area contributed by atoms with Gasteiger partial charge in [-0.1, -0.05) is 17.7 Å². The minimum absolute atomic E-state index is 0.0314. The third-order valence-electron chi connectivity index (χ3n) is 5.27. The number of hydrogen-bond donors (Lipinski definition) is 4. The zero-order valence-corrected chi connectivity index (χ0v) is 17.4. The number of rotatable bonds is 6. The highest BCUT2D eigenvalue weighted by molar-refractivity contribution is 6.34. The molecule has 0 aliphatic heterocycles. The molecule has 1 amide bonds. The van der Waals surface area contributed by atoms with Crippen LogP contribution in [0.15, 0.2) is 42.6 Å². The molecule has 5 rings (SSSR count). The number of anilines is 2. The van der Waals surface area contributed by atoms with Gasteiger partial charge >= 0.3 is 0 Å². The smallest absolute Gasteiger partial charge is 0.253 e. The normalized spacial score (nSPS) is 13.6. The van der Waals surface area contributed by atoms with Crippen LogP contribution in [-0.4, -0.2) is 44.6 Å². The van der Waals surface area contributed by atoms with Gasteiger partial charge in [-0.15, -0.1) is 0 Å². The lowest BCUT2D eigenvalue weighted by atomic mass is 10.1. The molecule has 0 spiro atoms. The number of hydrogen-bond acceptors (Lipinski definition) is 6. The van der Waals surface area contributed by atoms with Crippen molar-refractivity contribution in [1.82, 2.24) is 19.7 Å². The minimum Gasteiger partial charge on any atom is -0.399 e. The summed E-state index contributed by atoms with van der Waals surface area (Å²) in [5.74, 6) is 0.391. The summed E-state index contributed by atoms with van der Waals surface area (Å²) in [5, 5.41) is 15.7. The van der Waals surface area contributed by atoms with Crippen LogP contribution >= 0.6 is 11.6 Å². The number of nitrogen functional groups attached to an aromatic ring is 1. The first kappa shape index (κ1) is 19.6. The third kappa shape index (κ3) is 3.64. The Balaban J connectivity index is 1.64. The first-order chi connectivity index (χ1) is 15.0. The van der Waals surface area contributed by atoms with Crippen LogP contribution in [-0.2, 0) is 0 Å².